The summed E-state index contributed by atoms with van der Waals surface area (Å²) in [5.41, 5.74) is -1.59. The lowest BCUT2D eigenvalue weighted by Crippen LogP contribution is -2.66. The molecule has 0 radical (unpaired) electrons. The number of thiophene rings is 1. The number of nitrogens with zero attached hydrogens (tertiary/aromatic N) is 3. The molecule has 1 aliphatic carbocycles. The minimum Gasteiger partial charge on any atom is -0.454 e. The van der Waals surface area contributed by atoms with Crippen LogP contribution < -0.4 is 5.32 Å². The van der Waals surface area contributed by atoms with Crippen LogP contribution in [0.25, 0.3) is 0 Å². The van der Waals surface area contributed by atoms with Crippen molar-refractivity contribution in [1.82, 2.24) is 9.97 Å². The van der Waals surface area contributed by atoms with Crippen LogP contribution in [0, 0.1) is 11.8 Å². The van der Waals surface area contributed by atoms with Crippen molar-refractivity contribution in [2.45, 2.75) is 56.7 Å². The Morgan fingerprint density at radius 2 is 1.97 bits per heavy atom. The number of ether oxygens (including phenoxy) is 1. The number of aromatic nitrogens is 2. The summed E-state index contributed by atoms with van der Waals surface area (Å²) in [4.78, 5) is 35.0. The molecule has 5 heterocycles. The Balaban J connectivity index is 1.29. The maximum absolute atomic E-state index is 13.6. The second kappa shape index (κ2) is 9.71. The highest BCUT2D eigenvalue weighted by Gasteiger charge is 2.53. The molecular formula is C25H33N4O4S+. The highest BCUT2D eigenvalue weighted by atomic mass is 32.1. The van der Waals surface area contributed by atoms with Crippen molar-refractivity contribution in [3.63, 3.8) is 0 Å². The largest absolute Gasteiger partial charge is 0.454 e. The Hall–Kier alpha value is -2.36. The van der Waals surface area contributed by atoms with Gasteiger partial charge in [0.2, 0.25) is 0 Å². The van der Waals surface area contributed by atoms with Gasteiger partial charge in [0.15, 0.2) is 18.2 Å². The van der Waals surface area contributed by atoms with Gasteiger partial charge in [-0.15, -0.1) is 11.3 Å². The quantitative estimate of drug-likeness (QED) is 0.462. The van der Waals surface area contributed by atoms with Gasteiger partial charge in [0.05, 0.1) is 13.1 Å². The minimum absolute atomic E-state index is 0.0959. The first-order valence-electron chi connectivity index (χ1n) is 12.4. The third-order valence-corrected chi connectivity index (χ3v) is 9.03. The molecule has 4 aliphatic rings. The highest BCUT2D eigenvalue weighted by Crippen LogP contribution is 2.43. The van der Waals surface area contributed by atoms with Gasteiger partial charge in [-0.25, -0.2) is 14.8 Å². The first-order valence-corrected chi connectivity index (χ1v) is 13.2. The molecule has 6 rings (SSSR count). The van der Waals surface area contributed by atoms with Gasteiger partial charge in [-0.3, -0.25) is 4.79 Å². The normalized spacial score (nSPS) is 28.7. The number of hydrogen-bond acceptors (Lipinski definition) is 7. The summed E-state index contributed by atoms with van der Waals surface area (Å²) < 4.78 is 6.75. The zero-order valence-corrected chi connectivity index (χ0v) is 20.2. The number of carbonyl (C=O) groups is 2. The van der Waals surface area contributed by atoms with Gasteiger partial charge in [0.1, 0.15) is 18.7 Å². The standard InChI is InChI=1S/C25H32N4O4S/c30-23(28-22-8-11-26-17-27-22)16-29-12-9-18(10-13-29)20(15-29)33-24(31)25(32,21-7-4-14-34-21)19-5-2-1-3-6-19/h4,7-8,11,14,17-20,32H,1-3,5-6,9-10,12-13,15-16H2/p+1/t18?,20?,25-,29?/m0/s1. The Morgan fingerprint density at radius 1 is 1.18 bits per heavy atom. The second-order valence-corrected chi connectivity index (χ2v) is 11.1. The van der Waals surface area contributed by atoms with E-state index in [2.05, 4.69) is 15.3 Å². The van der Waals surface area contributed by atoms with Crippen LogP contribution in [0.4, 0.5) is 5.82 Å². The fourth-order valence-corrected chi connectivity index (χ4v) is 7.03. The lowest BCUT2D eigenvalue weighted by atomic mass is 9.75. The Labute approximate surface area is 204 Å². The molecule has 0 aromatic carbocycles. The van der Waals surface area contributed by atoms with Crippen molar-refractivity contribution in [3.8, 4) is 0 Å². The number of fused-ring (bicyclic) bond motifs is 3. The molecule has 0 spiro atoms. The molecule has 2 aromatic rings. The van der Waals surface area contributed by atoms with Crippen molar-refractivity contribution in [1.29, 1.82) is 0 Å². The summed E-state index contributed by atoms with van der Waals surface area (Å²) in [6, 6.07) is 5.40. The molecular weight excluding hydrogens is 452 g/mol. The van der Waals surface area contributed by atoms with Crippen molar-refractivity contribution in [2.75, 3.05) is 31.5 Å². The van der Waals surface area contributed by atoms with E-state index in [0.717, 1.165) is 58.0 Å². The average molecular weight is 486 g/mol. The molecule has 9 heteroatoms. The highest BCUT2D eigenvalue weighted by molar-refractivity contribution is 7.10. The van der Waals surface area contributed by atoms with E-state index >= 15 is 0 Å². The lowest BCUT2D eigenvalue weighted by Gasteiger charge is -2.52. The lowest BCUT2D eigenvalue weighted by molar-refractivity contribution is -0.939. The van der Waals surface area contributed by atoms with Gasteiger partial charge in [-0.2, -0.15) is 0 Å². The molecule has 182 valence electrons. The Bertz CT molecular complexity index is 988. The van der Waals surface area contributed by atoms with E-state index in [1.54, 1.807) is 12.3 Å². The molecule has 3 aliphatic heterocycles. The number of hydrogen-bond donors (Lipinski definition) is 2. The van der Waals surface area contributed by atoms with Gasteiger partial charge in [0, 0.05) is 35.8 Å². The van der Waals surface area contributed by atoms with E-state index in [1.807, 2.05) is 17.5 Å². The van der Waals surface area contributed by atoms with Gasteiger partial charge < -0.3 is 19.6 Å². The first kappa shape index (κ1) is 23.4. The van der Waals surface area contributed by atoms with Gasteiger partial charge >= 0.3 is 5.97 Å². The van der Waals surface area contributed by atoms with Gasteiger partial charge in [-0.05, 0) is 30.4 Å². The van der Waals surface area contributed by atoms with Crippen LogP contribution in [-0.4, -0.2) is 63.7 Å². The summed E-state index contributed by atoms with van der Waals surface area (Å²) in [7, 11) is 0. The SMILES string of the molecule is O=C(C[N+]12CCC(CC1)C(OC(=O)[C@@](O)(c1cccs1)C1CCCCC1)C2)Nc1ccncn1. The maximum atomic E-state index is 13.6. The van der Waals surface area contributed by atoms with E-state index in [-0.39, 0.29) is 23.8 Å². The molecule has 1 amide bonds. The molecule has 2 atom stereocenters. The number of anilines is 1. The first-order chi connectivity index (χ1) is 16.5. The van der Waals surface area contributed by atoms with Crippen LogP contribution >= 0.6 is 11.3 Å². The minimum atomic E-state index is -1.59. The summed E-state index contributed by atoms with van der Waals surface area (Å²) in [6.45, 7) is 2.73. The van der Waals surface area contributed by atoms with Crippen molar-refractivity contribution in [3.05, 3.63) is 41.0 Å². The van der Waals surface area contributed by atoms with Crippen molar-refractivity contribution < 1.29 is 23.9 Å². The van der Waals surface area contributed by atoms with E-state index in [1.165, 1.54) is 17.7 Å². The van der Waals surface area contributed by atoms with Crippen LogP contribution in [0.15, 0.2) is 36.1 Å². The fraction of sp³-hybridized carbons (Fsp3) is 0.600. The number of rotatable bonds is 7. The van der Waals surface area contributed by atoms with Crippen molar-refractivity contribution in [2.24, 2.45) is 11.8 Å². The summed E-state index contributed by atoms with van der Waals surface area (Å²) >= 11 is 1.42. The monoisotopic (exact) mass is 485 g/mol. The van der Waals surface area contributed by atoms with Crippen LogP contribution in [0.3, 0.4) is 0 Å². The van der Waals surface area contributed by atoms with Crippen LogP contribution in [-0.2, 0) is 19.9 Å². The Morgan fingerprint density at radius 3 is 2.65 bits per heavy atom. The molecule has 8 nitrogen and oxygen atoms in total. The number of aliphatic hydroxyl groups is 1. The summed E-state index contributed by atoms with van der Waals surface area (Å²) in [5, 5.41) is 16.6. The molecule has 34 heavy (non-hydrogen) atoms. The van der Waals surface area contributed by atoms with Crippen molar-refractivity contribution >= 4 is 29.0 Å². The smallest absolute Gasteiger partial charge is 0.344 e. The van der Waals surface area contributed by atoms with E-state index < -0.39 is 11.6 Å². The van der Waals surface area contributed by atoms with E-state index in [4.69, 9.17) is 4.74 Å². The van der Waals surface area contributed by atoms with Crippen LogP contribution in [0.5, 0.6) is 0 Å². The summed E-state index contributed by atoms with van der Waals surface area (Å²) in [5.74, 6) is 0.0512. The Kier molecular flexibility index (Phi) is 6.68. The molecule has 1 unspecified atom stereocenters. The fourth-order valence-electron chi connectivity index (χ4n) is 6.14. The zero-order valence-electron chi connectivity index (χ0n) is 19.4. The number of esters is 1. The molecule has 2 bridgehead atoms. The maximum Gasteiger partial charge on any atom is 0.344 e. The van der Waals surface area contributed by atoms with E-state index in [9.17, 15) is 14.7 Å². The number of piperidine rings is 3. The van der Waals surface area contributed by atoms with E-state index in [0.29, 0.717) is 28.3 Å². The predicted octanol–water partition coefficient (Wildman–Crippen LogP) is 3.10. The topological polar surface area (TPSA) is 101 Å². The number of quaternary nitrogens is 1. The van der Waals surface area contributed by atoms with Gasteiger partial charge in [-0.1, -0.05) is 25.3 Å². The molecule has 3 saturated heterocycles. The molecule has 2 N–H and O–H groups in total. The molecule has 1 saturated carbocycles. The third-order valence-electron chi connectivity index (χ3n) is 8.03. The zero-order chi connectivity index (χ0) is 23.6. The number of carbonyl (C=O) groups excluding carboxylic acids is 2. The summed E-state index contributed by atoms with van der Waals surface area (Å²) in [6.07, 6.45) is 9.42. The second-order valence-electron chi connectivity index (χ2n) is 10.1. The number of amides is 1. The third kappa shape index (κ3) is 4.61. The molecule has 2 aromatic heterocycles. The average Bonchev–Trinajstić information content (AvgIpc) is 3.40. The van der Waals surface area contributed by atoms with Gasteiger partial charge in [0.25, 0.3) is 5.91 Å². The number of nitrogens with one attached hydrogen (secondary N) is 1. The van der Waals surface area contributed by atoms with Crippen LogP contribution in [0.1, 0.15) is 49.8 Å². The van der Waals surface area contributed by atoms with Crippen LogP contribution in [0.2, 0.25) is 0 Å². The predicted molar refractivity (Wildman–Crippen MR) is 128 cm³/mol. The molecule has 4 fully saturated rings.